The summed E-state index contributed by atoms with van der Waals surface area (Å²) >= 11 is 0. The van der Waals surface area contributed by atoms with Crippen LogP contribution >= 0.6 is 0 Å². The minimum Gasteiger partial charge on any atom is -0.375 e. The molecule has 1 fully saturated rings. The van der Waals surface area contributed by atoms with Crippen LogP contribution in [0.3, 0.4) is 0 Å². The Hall–Kier alpha value is -1.35. The Morgan fingerprint density at radius 2 is 2.12 bits per heavy atom. The number of carbonyl (C=O) groups excluding carboxylic acids is 1. The van der Waals surface area contributed by atoms with Crippen LogP contribution in [0.5, 0.6) is 0 Å². The number of hydrogen-bond acceptors (Lipinski definition) is 2. The number of rotatable bonds is 5. The Bertz CT molecular complexity index is 360. The average Bonchev–Trinajstić information content (AvgIpc) is 2.29. The van der Waals surface area contributed by atoms with Gasteiger partial charge < -0.3 is 10.1 Å². The smallest absolute Gasteiger partial charge is 0.223 e. The molecule has 0 aromatic heterocycles. The van der Waals surface area contributed by atoms with Crippen molar-refractivity contribution in [2.45, 2.75) is 25.4 Å². The highest BCUT2D eigenvalue weighted by molar-refractivity contribution is 5.79. The van der Waals surface area contributed by atoms with Crippen LogP contribution in [0.4, 0.5) is 0 Å². The second kappa shape index (κ2) is 5.82. The molecule has 1 amide bonds. The van der Waals surface area contributed by atoms with Crippen LogP contribution < -0.4 is 5.32 Å². The summed E-state index contributed by atoms with van der Waals surface area (Å²) < 4.78 is 5.40. The van der Waals surface area contributed by atoms with Gasteiger partial charge in [-0.2, -0.15) is 0 Å². The lowest BCUT2D eigenvalue weighted by atomic mass is 9.85. The van der Waals surface area contributed by atoms with Crippen molar-refractivity contribution < 1.29 is 9.53 Å². The molecular weight excluding hydrogens is 214 g/mol. The Kier molecular flexibility index (Phi) is 4.15. The average molecular weight is 233 g/mol. The van der Waals surface area contributed by atoms with Gasteiger partial charge in [-0.05, 0) is 18.4 Å². The molecule has 3 heteroatoms. The summed E-state index contributed by atoms with van der Waals surface area (Å²) in [6, 6.07) is 9.97. The number of amides is 1. The summed E-state index contributed by atoms with van der Waals surface area (Å²) in [6.45, 7) is 0.551. The molecule has 2 rings (SSSR count). The molecule has 1 aromatic rings. The van der Waals surface area contributed by atoms with E-state index >= 15 is 0 Å². The zero-order chi connectivity index (χ0) is 12.1. The molecule has 0 aliphatic heterocycles. The van der Waals surface area contributed by atoms with E-state index in [2.05, 4.69) is 5.32 Å². The first kappa shape index (κ1) is 12.1. The van der Waals surface area contributed by atoms with Gasteiger partial charge in [-0.3, -0.25) is 4.79 Å². The predicted molar refractivity (Wildman–Crippen MR) is 66.5 cm³/mol. The van der Waals surface area contributed by atoms with E-state index in [0.717, 1.165) is 18.4 Å². The van der Waals surface area contributed by atoms with E-state index in [0.29, 0.717) is 6.54 Å². The SMILES string of the molecule is COC(CNC(=O)C1CCC1)c1ccccc1. The van der Waals surface area contributed by atoms with Crippen LogP contribution in [0.25, 0.3) is 0 Å². The Balaban J connectivity index is 1.85. The summed E-state index contributed by atoms with van der Waals surface area (Å²) in [4.78, 5) is 11.7. The van der Waals surface area contributed by atoms with Crippen molar-refractivity contribution in [3.8, 4) is 0 Å². The van der Waals surface area contributed by atoms with Gasteiger partial charge in [0.25, 0.3) is 0 Å². The molecule has 1 unspecified atom stereocenters. The monoisotopic (exact) mass is 233 g/mol. The zero-order valence-corrected chi connectivity index (χ0v) is 10.2. The highest BCUT2D eigenvalue weighted by Crippen LogP contribution is 2.26. The molecule has 1 aliphatic carbocycles. The molecule has 0 saturated heterocycles. The molecule has 1 atom stereocenters. The van der Waals surface area contributed by atoms with Crippen LogP contribution in [0.2, 0.25) is 0 Å². The lowest BCUT2D eigenvalue weighted by Crippen LogP contribution is -2.37. The molecule has 0 spiro atoms. The van der Waals surface area contributed by atoms with Gasteiger partial charge >= 0.3 is 0 Å². The fraction of sp³-hybridized carbons (Fsp3) is 0.500. The van der Waals surface area contributed by atoms with Crippen LogP contribution in [-0.4, -0.2) is 19.6 Å². The zero-order valence-electron chi connectivity index (χ0n) is 10.2. The summed E-state index contributed by atoms with van der Waals surface area (Å²) in [6.07, 6.45) is 3.20. The maximum atomic E-state index is 11.7. The van der Waals surface area contributed by atoms with Gasteiger partial charge in [0, 0.05) is 19.6 Å². The molecular formula is C14H19NO2. The predicted octanol–water partition coefficient (Wildman–Crippen LogP) is 2.29. The van der Waals surface area contributed by atoms with E-state index in [1.807, 2.05) is 30.3 Å². The summed E-state index contributed by atoms with van der Waals surface area (Å²) in [7, 11) is 1.67. The van der Waals surface area contributed by atoms with Crippen molar-refractivity contribution in [1.29, 1.82) is 0 Å². The first-order valence-electron chi connectivity index (χ1n) is 6.16. The topological polar surface area (TPSA) is 38.3 Å². The fourth-order valence-corrected chi connectivity index (χ4v) is 2.01. The van der Waals surface area contributed by atoms with E-state index in [-0.39, 0.29) is 17.9 Å². The maximum absolute atomic E-state index is 11.7. The minimum atomic E-state index is -0.0553. The summed E-state index contributed by atoms with van der Waals surface area (Å²) in [5.74, 6) is 0.414. The van der Waals surface area contributed by atoms with Crippen molar-refractivity contribution in [2.75, 3.05) is 13.7 Å². The van der Waals surface area contributed by atoms with Crippen molar-refractivity contribution >= 4 is 5.91 Å². The number of carbonyl (C=O) groups is 1. The van der Waals surface area contributed by atoms with Gasteiger partial charge in [0.1, 0.15) is 0 Å². The first-order valence-corrected chi connectivity index (χ1v) is 6.16. The molecule has 3 nitrogen and oxygen atoms in total. The van der Waals surface area contributed by atoms with E-state index in [4.69, 9.17) is 4.74 Å². The highest BCUT2D eigenvalue weighted by Gasteiger charge is 2.25. The number of ether oxygens (including phenoxy) is 1. The first-order chi connectivity index (χ1) is 8.31. The molecule has 0 heterocycles. The van der Waals surface area contributed by atoms with E-state index in [1.165, 1.54) is 6.42 Å². The van der Waals surface area contributed by atoms with Gasteiger partial charge in [0.05, 0.1) is 6.10 Å². The minimum absolute atomic E-state index is 0.0553. The second-order valence-electron chi connectivity index (χ2n) is 4.51. The maximum Gasteiger partial charge on any atom is 0.223 e. The highest BCUT2D eigenvalue weighted by atomic mass is 16.5. The molecule has 0 bridgehead atoms. The summed E-state index contributed by atoms with van der Waals surface area (Å²) in [5, 5.41) is 2.97. The quantitative estimate of drug-likeness (QED) is 0.847. The number of hydrogen-bond donors (Lipinski definition) is 1. The van der Waals surface area contributed by atoms with Gasteiger partial charge in [-0.25, -0.2) is 0 Å². The van der Waals surface area contributed by atoms with Crippen molar-refractivity contribution in [1.82, 2.24) is 5.32 Å². The Morgan fingerprint density at radius 1 is 1.41 bits per heavy atom. The van der Waals surface area contributed by atoms with Crippen LogP contribution in [-0.2, 0) is 9.53 Å². The van der Waals surface area contributed by atoms with E-state index in [9.17, 15) is 4.79 Å². The van der Waals surface area contributed by atoms with Crippen LogP contribution in [0.1, 0.15) is 30.9 Å². The Morgan fingerprint density at radius 3 is 2.65 bits per heavy atom. The van der Waals surface area contributed by atoms with E-state index < -0.39 is 0 Å². The van der Waals surface area contributed by atoms with E-state index in [1.54, 1.807) is 7.11 Å². The van der Waals surface area contributed by atoms with Crippen LogP contribution in [0.15, 0.2) is 30.3 Å². The lowest BCUT2D eigenvalue weighted by molar-refractivity contribution is -0.127. The number of methoxy groups -OCH3 is 1. The molecule has 0 radical (unpaired) electrons. The van der Waals surface area contributed by atoms with Crippen molar-refractivity contribution in [2.24, 2.45) is 5.92 Å². The molecule has 17 heavy (non-hydrogen) atoms. The number of benzene rings is 1. The van der Waals surface area contributed by atoms with Gasteiger partial charge in [0.15, 0.2) is 0 Å². The largest absolute Gasteiger partial charge is 0.375 e. The lowest BCUT2D eigenvalue weighted by Gasteiger charge is -2.25. The molecule has 1 aliphatic rings. The van der Waals surface area contributed by atoms with Gasteiger partial charge in [-0.15, -0.1) is 0 Å². The third-order valence-electron chi connectivity index (χ3n) is 3.39. The molecule has 1 N–H and O–H groups in total. The third-order valence-corrected chi connectivity index (χ3v) is 3.39. The van der Waals surface area contributed by atoms with Crippen molar-refractivity contribution in [3.63, 3.8) is 0 Å². The van der Waals surface area contributed by atoms with Crippen LogP contribution in [0, 0.1) is 5.92 Å². The fourth-order valence-electron chi connectivity index (χ4n) is 2.01. The normalized spacial score (nSPS) is 17.2. The molecule has 1 aromatic carbocycles. The van der Waals surface area contributed by atoms with Gasteiger partial charge in [-0.1, -0.05) is 36.8 Å². The van der Waals surface area contributed by atoms with Crippen molar-refractivity contribution in [3.05, 3.63) is 35.9 Å². The second-order valence-corrected chi connectivity index (χ2v) is 4.51. The molecule has 1 saturated carbocycles. The molecule has 92 valence electrons. The standard InChI is InChI=1S/C14H19NO2/c1-17-13(11-6-3-2-4-7-11)10-15-14(16)12-8-5-9-12/h2-4,6-7,12-13H,5,8-10H2,1H3,(H,15,16). The van der Waals surface area contributed by atoms with Gasteiger partial charge in [0.2, 0.25) is 5.91 Å². The summed E-state index contributed by atoms with van der Waals surface area (Å²) in [5.41, 5.74) is 1.10. The third kappa shape index (κ3) is 3.07. The number of nitrogens with one attached hydrogen (secondary N) is 1. The Labute approximate surface area is 102 Å².